The maximum atomic E-state index is 5.93. The zero-order chi connectivity index (χ0) is 12.4. The van der Waals surface area contributed by atoms with E-state index >= 15 is 0 Å². The van der Waals surface area contributed by atoms with Gasteiger partial charge in [0, 0.05) is 24.2 Å². The zero-order valence-corrected chi connectivity index (χ0v) is 11.8. The van der Waals surface area contributed by atoms with E-state index in [0.29, 0.717) is 6.04 Å². The first-order valence-electron chi connectivity index (χ1n) is 6.63. The van der Waals surface area contributed by atoms with Crippen LogP contribution in [-0.4, -0.2) is 29.0 Å². The zero-order valence-electron chi connectivity index (χ0n) is 11.0. The topological polar surface area (TPSA) is 42.1 Å². The molecule has 102 valence electrons. The van der Waals surface area contributed by atoms with E-state index < -0.39 is 0 Å². The van der Waals surface area contributed by atoms with E-state index in [-0.39, 0.29) is 12.4 Å². The van der Waals surface area contributed by atoms with Crippen LogP contribution >= 0.6 is 12.4 Å². The molecule has 0 unspecified atom stereocenters. The van der Waals surface area contributed by atoms with Crippen LogP contribution in [0.3, 0.4) is 0 Å². The number of aromatic nitrogens is 1. The number of pyridine rings is 1. The second-order valence-corrected chi connectivity index (χ2v) is 5.15. The van der Waals surface area contributed by atoms with E-state index in [9.17, 15) is 0 Å². The van der Waals surface area contributed by atoms with Crippen LogP contribution in [-0.2, 0) is 6.54 Å². The Morgan fingerprint density at radius 1 is 1.21 bits per heavy atom. The summed E-state index contributed by atoms with van der Waals surface area (Å²) >= 11 is 0. The van der Waals surface area contributed by atoms with Crippen molar-refractivity contribution in [2.75, 3.05) is 13.1 Å². The fourth-order valence-corrected chi connectivity index (χ4v) is 2.57. The van der Waals surface area contributed by atoms with Gasteiger partial charge in [0.2, 0.25) is 0 Å². The number of likely N-dealkylation sites (tertiary alicyclic amines) is 1. The number of nitrogens with two attached hydrogens (primary N) is 1. The normalized spacial score (nSPS) is 17.3. The predicted octanol–water partition coefficient (Wildman–Crippen LogP) is 2.58. The summed E-state index contributed by atoms with van der Waals surface area (Å²) in [5, 5.41) is 1.23. The fourth-order valence-electron chi connectivity index (χ4n) is 2.57. The third kappa shape index (κ3) is 3.44. The van der Waals surface area contributed by atoms with Crippen molar-refractivity contribution in [2.45, 2.75) is 25.4 Å². The van der Waals surface area contributed by atoms with Crippen LogP contribution in [0.5, 0.6) is 0 Å². The van der Waals surface area contributed by atoms with Crippen LogP contribution in [0.1, 0.15) is 18.4 Å². The molecule has 4 heteroatoms. The summed E-state index contributed by atoms with van der Waals surface area (Å²) in [5.74, 6) is 0. The average molecular weight is 278 g/mol. The summed E-state index contributed by atoms with van der Waals surface area (Å²) in [6.07, 6.45) is 4.22. The molecule has 2 heterocycles. The third-order valence-corrected chi connectivity index (χ3v) is 3.69. The first-order valence-corrected chi connectivity index (χ1v) is 6.63. The number of benzene rings is 1. The molecule has 0 spiro atoms. The molecule has 3 nitrogen and oxygen atoms in total. The Labute approximate surface area is 120 Å². The van der Waals surface area contributed by atoms with Gasteiger partial charge in [-0.05, 0) is 43.6 Å². The number of fused-ring (bicyclic) bond motifs is 1. The lowest BCUT2D eigenvalue weighted by molar-refractivity contribution is 0.205. The minimum absolute atomic E-state index is 0. The molecule has 1 aliphatic rings. The summed E-state index contributed by atoms with van der Waals surface area (Å²) < 4.78 is 0. The smallest absolute Gasteiger partial charge is 0.0702 e. The van der Waals surface area contributed by atoms with Crippen LogP contribution in [0.15, 0.2) is 36.5 Å². The number of hydrogen-bond donors (Lipinski definition) is 1. The lowest BCUT2D eigenvalue weighted by Gasteiger charge is -2.29. The molecule has 1 saturated heterocycles. The van der Waals surface area contributed by atoms with Gasteiger partial charge in [-0.1, -0.05) is 18.2 Å². The Morgan fingerprint density at radius 2 is 1.95 bits per heavy atom. The number of hydrogen-bond acceptors (Lipinski definition) is 3. The number of piperidine rings is 1. The Morgan fingerprint density at radius 3 is 2.74 bits per heavy atom. The lowest BCUT2D eigenvalue weighted by Crippen LogP contribution is -2.39. The van der Waals surface area contributed by atoms with Crippen LogP contribution < -0.4 is 5.73 Å². The molecule has 0 radical (unpaired) electrons. The monoisotopic (exact) mass is 277 g/mol. The molecule has 3 rings (SSSR count). The van der Waals surface area contributed by atoms with Crippen molar-refractivity contribution in [3.05, 3.63) is 42.1 Å². The Hall–Kier alpha value is -1.16. The standard InChI is InChI=1S/C15H19N3.ClH/c16-14-5-7-18(8-6-14)11-12-9-13-3-1-2-4-15(13)17-10-12;/h1-4,9-10,14H,5-8,11,16H2;1H. The van der Waals surface area contributed by atoms with Crippen LogP contribution in [0, 0.1) is 0 Å². The van der Waals surface area contributed by atoms with Crippen molar-refractivity contribution < 1.29 is 0 Å². The van der Waals surface area contributed by atoms with Gasteiger partial charge in [0.25, 0.3) is 0 Å². The van der Waals surface area contributed by atoms with Gasteiger partial charge in [0.05, 0.1) is 5.52 Å². The van der Waals surface area contributed by atoms with Crippen molar-refractivity contribution in [2.24, 2.45) is 5.73 Å². The van der Waals surface area contributed by atoms with Crippen LogP contribution in [0.25, 0.3) is 10.9 Å². The highest BCUT2D eigenvalue weighted by molar-refractivity contribution is 5.85. The van der Waals surface area contributed by atoms with Crippen LogP contribution in [0.2, 0.25) is 0 Å². The lowest BCUT2D eigenvalue weighted by atomic mass is 10.1. The first kappa shape index (κ1) is 14.3. The number of halogens is 1. The maximum absolute atomic E-state index is 5.93. The van der Waals surface area contributed by atoms with Crippen molar-refractivity contribution in [3.63, 3.8) is 0 Å². The molecule has 0 atom stereocenters. The molecular weight excluding hydrogens is 258 g/mol. The maximum Gasteiger partial charge on any atom is 0.0702 e. The Balaban J connectivity index is 0.00000133. The molecule has 0 aliphatic carbocycles. The molecule has 0 saturated carbocycles. The van der Waals surface area contributed by atoms with Gasteiger partial charge >= 0.3 is 0 Å². The molecule has 19 heavy (non-hydrogen) atoms. The Kier molecular flexibility index (Phi) is 4.75. The number of para-hydroxylation sites is 1. The minimum atomic E-state index is 0. The van der Waals surface area contributed by atoms with Gasteiger partial charge < -0.3 is 5.73 Å². The molecule has 1 aliphatic heterocycles. The van der Waals surface area contributed by atoms with Crippen molar-refractivity contribution in [3.8, 4) is 0 Å². The SMILES string of the molecule is Cl.NC1CCN(Cc2cnc3ccccc3c2)CC1. The van der Waals surface area contributed by atoms with Crippen molar-refractivity contribution >= 4 is 23.3 Å². The molecular formula is C15H20ClN3. The summed E-state index contributed by atoms with van der Waals surface area (Å²) in [4.78, 5) is 6.98. The van der Waals surface area contributed by atoms with Gasteiger partial charge in [-0.2, -0.15) is 0 Å². The number of rotatable bonds is 2. The molecule has 0 amide bonds. The average Bonchev–Trinajstić information content (AvgIpc) is 2.41. The van der Waals surface area contributed by atoms with E-state index in [4.69, 9.17) is 5.73 Å². The van der Waals surface area contributed by atoms with E-state index in [1.807, 2.05) is 12.3 Å². The van der Waals surface area contributed by atoms with Gasteiger partial charge in [-0.25, -0.2) is 0 Å². The van der Waals surface area contributed by atoms with E-state index in [0.717, 1.165) is 38.0 Å². The number of nitrogens with zero attached hydrogens (tertiary/aromatic N) is 2. The van der Waals surface area contributed by atoms with Gasteiger partial charge in [-0.3, -0.25) is 9.88 Å². The summed E-state index contributed by atoms with van der Waals surface area (Å²) in [7, 11) is 0. The molecule has 2 N–H and O–H groups in total. The summed E-state index contributed by atoms with van der Waals surface area (Å²) in [6.45, 7) is 3.20. The highest BCUT2D eigenvalue weighted by Crippen LogP contribution is 2.16. The largest absolute Gasteiger partial charge is 0.328 e. The fraction of sp³-hybridized carbons (Fsp3) is 0.400. The quantitative estimate of drug-likeness (QED) is 0.917. The van der Waals surface area contributed by atoms with Crippen molar-refractivity contribution in [1.82, 2.24) is 9.88 Å². The van der Waals surface area contributed by atoms with E-state index in [1.165, 1.54) is 10.9 Å². The molecule has 1 aromatic heterocycles. The molecule has 1 aromatic carbocycles. The second-order valence-electron chi connectivity index (χ2n) is 5.15. The van der Waals surface area contributed by atoms with Gasteiger partial charge in [-0.15, -0.1) is 12.4 Å². The Bertz CT molecular complexity index is 536. The predicted molar refractivity (Wildman–Crippen MR) is 81.5 cm³/mol. The van der Waals surface area contributed by atoms with E-state index in [1.54, 1.807) is 0 Å². The second kappa shape index (κ2) is 6.33. The van der Waals surface area contributed by atoms with Gasteiger partial charge in [0.15, 0.2) is 0 Å². The highest BCUT2D eigenvalue weighted by atomic mass is 35.5. The summed E-state index contributed by atoms with van der Waals surface area (Å²) in [5.41, 5.74) is 8.29. The molecule has 2 aromatic rings. The minimum Gasteiger partial charge on any atom is -0.328 e. The third-order valence-electron chi connectivity index (χ3n) is 3.69. The summed E-state index contributed by atoms with van der Waals surface area (Å²) in [6, 6.07) is 10.9. The molecule has 1 fully saturated rings. The first-order chi connectivity index (χ1) is 8.81. The van der Waals surface area contributed by atoms with Crippen molar-refractivity contribution in [1.29, 1.82) is 0 Å². The van der Waals surface area contributed by atoms with Gasteiger partial charge in [0.1, 0.15) is 0 Å². The van der Waals surface area contributed by atoms with Crippen LogP contribution in [0.4, 0.5) is 0 Å². The molecule has 0 bridgehead atoms. The van der Waals surface area contributed by atoms with E-state index in [2.05, 4.69) is 34.1 Å². The highest BCUT2D eigenvalue weighted by Gasteiger charge is 2.15.